The van der Waals surface area contributed by atoms with Crippen molar-refractivity contribution in [3.05, 3.63) is 42.2 Å². The summed E-state index contributed by atoms with van der Waals surface area (Å²) < 4.78 is 26.0. The SMILES string of the molecule is C=C[C@](O[SiH](C)C)(C1CCc2cc(F)ccc2O1)C(C)(C)C. The third kappa shape index (κ3) is 3.13. The molecule has 0 amide bonds. The maximum absolute atomic E-state index is 13.4. The van der Waals surface area contributed by atoms with Crippen LogP contribution < -0.4 is 4.74 Å². The second kappa shape index (κ2) is 6.17. The number of halogens is 1. The largest absolute Gasteiger partial charge is 0.487 e. The lowest BCUT2D eigenvalue weighted by atomic mass is 9.71. The van der Waals surface area contributed by atoms with E-state index in [2.05, 4.69) is 40.4 Å². The average molecular weight is 322 g/mol. The van der Waals surface area contributed by atoms with Gasteiger partial charge in [-0.3, -0.25) is 0 Å². The molecule has 1 aromatic carbocycles. The maximum atomic E-state index is 13.4. The van der Waals surface area contributed by atoms with Gasteiger partial charge in [-0.05, 0) is 55.1 Å². The Morgan fingerprint density at radius 1 is 1.36 bits per heavy atom. The van der Waals surface area contributed by atoms with Gasteiger partial charge in [-0.25, -0.2) is 4.39 Å². The first-order valence-corrected chi connectivity index (χ1v) is 10.7. The molecule has 1 unspecified atom stereocenters. The van der Waals surface area contributed by atoms with Gasteiger partial charge in [-0.15, -0.1) is 6.58 Å². The molecular weight excluding hydrogens is 295 g/mol. The molecule has 1 aliphatic rings. The molecule has 0 N–H and O–H groups in total. The second-order valence-electron chi connectivity index (χ2n) is 7.31. The summed E-state index contributed by atoms with van der Waals surface area (Å²) in [5, 5.41) is 0. The Hall–Kier alpha value is -1.13. The van der Waals surface area contributed by atoms with E-state index >= 15 is 0 Å². The van der Waals surface area contributed by atoms with E-state index in [1.807, 2.05) is 6.08 Å². The van der Waals surface area contributed by atoms with E-state index in [9.17, 15) is 4.39 Å². The van der Waals surface area contributed by atoms with Gasteiger partial charge in [0, 0.05) is 0 Å². The first-order valence-electron chi connectivity index (χ1n) is 7.96. The van der Waals surface area contributed by atoms with Crippen LogP contribution in [0.15, 0.2) is 30.9 Å². The Labute approximate surface area is 135 Å². The van der Waals surface area contributed by atoms with Crippen LogP contribution in [0.25, 0.3) is 0 Å². The number of hydrogen-bond acceptors (Lipinski definition) is 2. The van der Waals surface area contributed by atoms with Gasteiger partial charge in [0.25, 0.3) is 0 Å². The van der Waals surface area contributed by atoms with Crippen molar-refractivity contribution in [3.63, 3.8) is 0 Å². The lowest BCUT2D eigenvalue weighted by Gasteiger charge is -2.49. The molecule has 2 nitrogen and oxygen atoms in total. The Morgan fingerprint density at radius 2 is 2.05 bits per heavy atom. The first kappa shape index (κ1) is 17.2. The van der Waals surface area contributed by atoms with E-state index in [0.29, 0.717) is 0 Å². The van der Waals surface area contributed by atoms with Gasteiger partial charge in [0.1, 0.15) is 23.3 Å². The standard InChI is InChI=1S/C18H27FO2Si/c1-7-18(17(2,3)4,21-22(5)6)16-11-8-13-12-14(19)9-10-15(13)20-16/h7,9-10,12,16,22H,1,8,11H2,2-6H3/t16?,18-/m0/s1. The second-order valence-corrected chi connectivity index (χ2v) is 9.64. The van der Waals surface area contributed by atoms with Crippen LogP contribution in [0.4, 0.5) is 4.39 Å². The molecule has 4 heteroatoms. The van der Waals surface area contributed by atoms with Crippen molar-refractivity contribution in [2.45, 2.75) is 58.4 Å². The van der Waals surface area contributed by atoms with Gasteiger partial charge in [-0.1, -0.05) is 26.8 Å². The van der Waals surface area contributed by atoms with Crippen molar-refractivity contribution in [2.75, 3.05) is 0 Å². The van der Waals surface area contributed by atoms with E-state index < -0.39 is 14.6 Å². The molecule has 0 radical (unpaired) electrons. The van der Waals surface area contributed by atoms with Gasteiger partial charge in [0.2, 0.25) is 0 Å². The molecule has 0 aromatic heterocycles. The topological polar surface area (TPSA) is 18.5 Å². The molecule has 0 saturated carbocycles. The highest BCUT2D eigenvalue weighted by Gasteiger charge is 2.49. The number of ether oxygens (including phenoxy) is 1. The summed E-state index contributed by atoms with van der Waals surface area (Å²) in [5.41, 5.74) is 0.276. The van der Waals surface area contributed by atoms with Gasteiger partial charge >= 0.3 is 0 Å². The molecule has 0 saturated heterocycles. The fourth-order valence-electron chi connectivity index (χ4n) is 3.27. The van der Waals surface area contributed by atoms with Crippen LogP contribution in [0, 0.1) is 11.2 Å². The number of benzene rings is 1. The van der Waals surface area contributed by atoms with Crippen molar-refractivity contribution in [1.29, 1.82) is 0 Å². The molecule has 2 rings (SSSR count). The van der Waals surface area contributed by atoms with E-state index in [1.54, 1.807) is 12.1 Å². The van der Waals surface area contributed by atoms with Crippen LogP contribution >= 0.6 is 0 Å². The Morgan fingerprint density at radius 3 is 2.59 bits per heavy atom. The molecule has 1 heterocycles. The zero-order chi connectivity index (χ0) is 16.5. The molecule has 22 heavy (non-hydrogen) atoms. The highest BCUT2D eigenvalue weighted by Crippen LogP contribution is 2.44. The number of hydrogen-bond donors (Lipinski definition) is 0. The summed E-state index contributed by atoms with van der Waals surface area (Å²) in [5.74, 6) is 0.555. The summed E-state index contributed by atoms with van der Waals surface area (Å²) in [4.78, 5) is 0. The minimum atomic E-state index is -1.29. The number of rotatable bonds is 4. The Bertz CT molecular complexity index is 551. The summed E-state index contributed by atoms with van der Waals surface area (Å²) in [6.45, 7) is 14.9. The summed E-state index contributed by atoms with van der Waals surface area (Å²) >= 11 is 0. The van der Waals surface area contributed by atoms with E-state index in [0.717, 1.165) is 24.2 Å². The normalized spacial score (nSPS) is 21.0. The van der Waals surface area contributed by atoms with Crippen molar-refractivity contribution in [2.24, 2.45) is 5.41 Å². The van der Waals surface area contributed by atoms with E-state index in [-0.39, 0.29) is 17.3 Å². The van der Waals surface area contributed by atoms with Crippen LogP contribution in [-0.4, -0.2) is 20.7 Å². The number of fused-ring (bicyclic) bond motifs is 1. The van der Waals surface area contributed by atoms with Gasteiger partial charge in [0.15, 0.2) is 9.04 Å². The Kier molecular flexibility index (Phi) is 4.83. The van der Waals surface area contributed by atoms with Crippen molar-refractivity contribution in [3.8, 4) is 5.75 Å². The van der Waals surface area contributed by atoms with Crippen molar-refractivity contribution < 1.29 is 13.6 Å². The van der Waals surface area contributed by atoms with Gasteiger partial charge in [-0.2, -0.15) is 0 Å². The molecule has 0 spiro atoms. The fraction of sp³-hybridized carbons (Fsp3) is 0.556. The van der Waals surface area contributed by atoms with Crippen LogP contribution in [0.3, 0.4) is 0 Å². The average Bonchev–Trinajstić information content (AvgIpc) is 2.42. The first-order chi connectivity index (χ1) is 10.2. The smallest absolute Gasteiger partial charge is 0.172 e. The molecular formula is C18H27FO2Si. The molecule has 1 aliphatic heterocycles. The maximum Gasteiger partial charge on any atom is 0.172 e. The molecule has 0 aliphatic carbocycles. The molecule has 0 bridgehead atoms. The zero-order valence-electron chi connectivity index (χ0n) is 14.3. The molecule has 1 aromatic rings. The quantitative estimate of drug-likeness (QED) is 0.600. The van der Waals surface area contributed by atoms with E-state index in [1.165, 1.54) is 6.07 Å². The summed E-state index contributed by atoms with van der Waals surface area (Å²) in [6.07, 6.45) is 3.42. The predicted molar refractivity (Wildman–Crippen MR) is 91.5 cm³/mol. The zero-order valence-corrected chi connectivity index (χ0v) is 15.4. The van der Waals surface area contributed by atoms with Gasteiger partial charge < -0.3 is 9.16 Å². The third-order valence-electron chi connectivity index (χ3n) is 4.35. The molecule has 0 fully saturated rings. The van der Waals surface area contributed by atoms with Crippen LogP contribution in [0.2, 0.25) is 13.1 Å². The minimum Gasteiger partial charge on any atom is -0.487 e. The highest BCUT2D eigenvalue weighted by molar-refractivity contribution is 6.48. The van der Waals surface area contributed by atoms with Crippen LogP contribution in [-0.2, 0) is 10.8 Å². The summed E-state index contributed by atoms with van der Waals surface area (Å²) in [7, 11) is -1.29. The fourth-order valence-corrected chi connectivity index (χ4v) is 4.65. The lowest BCUT2D eigenvalue weighted by Crippen LogP contribution is -2.58. The van der Waals surface area contributed by atoms with Crippen molar-refractivity contribution >= 4 is 9.04 Å². The Balaban J connectivity index is 2.38. The predicted octanol–water partition coefficient (Wildman–Crippen LogP) is 4.49. The van der Waals surface area contributed by atoms with E-state index in [4.69, 9.17) is 9.16 Å². The van der Waals surface area contributed by atoms with Gasteiger partial charge in [0.05, 0.1) is 0 Å². The van der Waals surface area contributed by atoms with Crippen LogP contribution in [0.5, 0.6) is 5.75 Å². The molecule has 122 valence electrons. The van der Waals surface area contributed by atoms with Crippen LogP contribution in [0.1, 0.15) is 32.8 Å². The van der Waals surface area contributed by atoms with Crippen molar-refractivity contribution in [1.82, 2.24) is 0 Å². The third-order valence-corrected chi connectivity index (χ3v) is 5.21. The summed E-state index contributed by atoms with van der Waals surface area (Å²) in [6, 6.07) is 4.74. The molecule has 2 atom stereocenters. The number of aryl methyl sites for hydroxylation is 1. The minimum absolute atomic E-state index is 0.0992. The monoisotopic (exact) mass is 322 g/mol. The lowest BCUT2D eigenvalue weighted by molar-refractivity contribution is -0.0845. The highest BCUT2D eigenvalue weighted by atomic mass is 28.3.